The number of pyridine rings is 1. The number of nitrogens with zero attached hydrogens (tertiary/aromatic N) is 7. The molecule has 0 radical (unpaired) electrons. The molecular formula is C48H55ClF3N9O6S. The quantitative estimate of drug-likeness (QED) is 0.127. The van der Waals surface area contributed by atoms with Gasteiger partial charge < -0.3 is 10.2 Å². The van der Waals surface area contributed by atoms with E-state index in [1.807, 2.05) is 11.8 Å². The molecule has 15 nitrogen and oxygen atoms in total. The monoisotopic (exact) mass is 977 g/mol. The maximum absolute atomic E-state index is 16.3. The van der Waals surface area contributed by atoms with Crippen LogP contribution in [0, 0.1) is 24.1 Å². The Hall–Kier alpha value is -5.27. The summed E-state index contributed by atoms with van der Waals surface area (Å²) in [7, 11) is -2.21. The predicted octanol–water partition coefficient (Wildman–Crippen LogP) is 7.34. The highest BCUT2D eigenvalue weighted by Crippen LogP contribution is 2.53. The maximum Gasteiger partial charge on any atom is 0.329 e. The van der Waals surface area contributed by atoms with Crippen molar-refractivity contribution in [1.29, 1.82) is 0 Å². The van der Waals surface area contributed by atoms with Gasteiger partial charge in [0.05, 0.1) is 21.3 Å². The molecular weight excluding hydrogens is 923 g/mol. The van der Waals surface area contributed by atoms with Gasteiger partial charge in [-0.3, -0.25) is 38.3 Å². The number of nitrogens with one attached hydrogen (secondary N) is 2. The fraction of sp³-hybridized carbons (Fsp3) is 0.542. The zero-order chi connectivity index (χ0) is 47.8. The summed E-state index contributed by atoms with van der Waals surface area (Å²) in [5, 5.41) is 5.72. The molecule has 2 aliphatic carbocycles. The number of alkyl halides is 2. The van der Waals surface area contributed by atoms with E-state index in [-0.39, 0.29) is 75.1 Å². The number of anilines is 3. The van der Waals surface area contributed by atoms with Crippen LogP contribution in [0.3, 0.4) is 0 Å². The van der Waals surface area contributed by atoms with Crippen LogP contribution >= 0.6 is 11.6 Å². The highest BCUT2D eigenvalue weighted by Gasteiger charge is 2.52. The van der Waals surface area contributed by atoms with Crippen molar-refractivity contribution in [2.75, 3.05) is 36.4 Å². The third-order valence-electron chi connectivity index (χ3n) is 15.8. The number of imide groups is 1. The van der Waals surface area contributed by atoms with Crippen LogP contribution < -0.4 is 26.8 Å². The van der Waals surface area contributed by atoms with E-state index >= 15 is 4.39 Å². The highest BCUT2D eigenvalue weighted by molar-refractivity contribution is 7.92. The Morgan fingerprint density at radius 3 is 2.34 bits per heavy atom. The van der Waals surface area contributed by atoms with Crippen molar-refractivity contribution in [2.45, 2.75) is 125 Å². The van der Waals surface area contributed by atoms with E-state index in [2.05, 4.69) is 20.5 Å². The molecule has 3 aliphatic heterocycles. The van der Waals surface area contributed by atoms with Crippen molar-refractivity contribution >= 4 is 72.6 Å². The van der Waals surface area contributed by atoms with E-state index in [9.17, 15) is 36.4 Å². The largest absolute Gasteiger partial charge is 0.369 e. The summed E-state index contributed by atoms with van der Waals surface area (Å²) in [5.41, 5.74) is 1.41. The van der Waals surface area contributed by atoms with Gasteiger partial charge >= 0.3 is 5.69 Å². The third kappa shape index (κ3) is 8.28. The number of rotatable bonds is 11. The van der Waals surface area contributed by atoms with Crippen LogP contribution in [0.2, 0.25) is 5.02 Å². The number of fused-ring (bicyclic) bond motifs is 2. The number of amides is 2. The van der Waals surface area contributed by atoms with Crippen molar-refractivity contribution in [2.24, 2.45) is 18.4 Å². The summed E-state index contributed by atoms with van der Waals surface area (Å²) in [6, 6.07) is 8.47. The van der Waals surface area contributed by atoms with Gasteiger partial charge in [0.15, 0.2) is 15.7 Å². The number of hydrogen-bond acceptors (Lipinski definition) is 11. The van der Waals surface area contributed by atoms with Crippen LogP contribution in [0.5, 0.6) is 0 Å². The van der Waals surface area contributed by atoms with E-state index in [4.69, 9.17) is 16.6 Å². The fourth-order valence-electron chi connectivity index (χ4n) is 12.0. The highest BCUT2D eigenvalue weighted by atomic mass is 35.5. The lowest BCUT2D eigenvalue weighted by Gasteiger charge is -2.54. The molecule has 20 heteroatoms. The smallest absolute Gasteiger partial charge is 0.329 e. The molecule has 68 heavy (non-hydrogen) atoms. The molecule has 5 aliphatic rings. The number of aryl methyl sites for hydroxylation is 2. The second-order valence-electron chi connectivity index (χ2n) is 19.8. The van der Waals surface area contributed by atoms with Crippen molar-refractivity contribution in [1.82, 2.24) is 33.9 Å². The summed E-state index contributed by atoms with van der Waals surface area (Å²) in [6.45, 7) is 3.86. The minimum atomic E-state index is -3.66. The molecule has 3 saturated heterocycles. The van der Waals surface area contributed by atoms with E-state index in [1.165, 1.54) is 16.2 Å². The van der Waals surface area contributed by atoms with Crippen molar-refractivity contribution in [3.05, 3.63) is 79.8 Å². The number of carbonyl (C=O) groups is 2. The zero-order valence-corrected chi connectivity index (χ0v) is 39.6. The molecule has 2 saturated carbocycles. The van der Waals surface area contributed by atoms with E-state index in [0.29, 0.717) is 92.7 Å². The fourth-order valence-corrected chi connectivity index (χ4v) is 14.4. The van der Waals surface area contributed by atoms with Gasteiger partial charge in [0.25, 0.3) is 5.56 Å². The first-order valence-electron chi connectivity index (χ1n) is 23.7. The second kappa shape index (κ2) is 17.9. The lowest BCUT2D eigenvalue weighted by Crippen LogP contribution is -2.55. The Kier molecular flexibility index (Phi) is 12.2. The summed E-state index contributed by atoms with van der Waals surface area (Å²) >= 11 is 6.30. The molecule has 2 unspecified atom stereocenters. The molecule has 2 N–H and O–H groups in total. The van der Waals surface area contributed by atoms with Gasteiger partial charge in [-0.2, -0.15) is 4.98 Å². The maximum atomic E-state index is 16.3. The van der Waals surface area contributed by atoms with Crippen molar-refractivity contribution in [3.63, 3.8) is 0 Å². The summed E-state index contributed by atoms with van der Waals surface area (Å²) in [4.78, 5) is 64.3. The van der Waals surface area contributed by atoms with Gasteiger partial charge in [-0.15, -0.1) is 0 Å². The molecule has 10 rings (SSSR count). The Labute approximate surface area is 396 Å². The summed E-state index contributed by atoms with van der Waals surface area (Å²) in [6.07, 6.45) is 6.41. The van der Waals surface area contributed by atoms with Gasteiger partial charge in [0, 0.05) is 62.3 Å². The number of halogens is 4. The van der Waals surface area contributed by atoms with E-state index < -0.39 is 50.9 Å². The van der Waals surface area contributed by atoms with Crippen molar-refractivity contribution < 1.29 is 31.2 Å². The number of piperidine rings is 3. The number of hydrogen-bond donors (Lipinski definition) is 2. The molecule has 5 aromatic rings. The average Bonchev–Trinajstić information content (AvgIpc) is 3.92. The number of aromatic nitrogens is 5. The van der Waals surface area contributed by atoms with Crippen LogP contribution in [0.4, 0.5) is 30.5 Å². The van der Waals surface area contributed by atoms with Gasteiger partial charge in [-0.25, -0.2) is 31.4 Å². The van der Waals surface area contributed by atoms with Crippen LogP contribution in [-0.2, 0) is 26.5 Å². The number of benzene rings is 2. The molecule has 5 fully saturated rings. The number of sulfone groups is 1. The standard InChI is InChI=1S/C48H55ClF3N9O6S/c1-27-21-31(7-8-34(27)54-46-53-26-29-22-33(49)45(64)60(43(29)56-46)30-5-3-4-6-30)68(66,67)32-24-48(25-32)15-19-59(20-16-48)38(23-39(50)51)28-13-17-58(18-14-28)35-9-10-36-42(41(35)52)57(2)47(65)61(36)37-11-12-40(62)55-44(37)63/h7-10,21-22,26,28,30,32,37-39H,3-6,11-20,23-25H2,1-2H3,(H,53,54,56)(H,55,62,63). The minimum Gasteiger partial charge on any atom is -0.369 e. The van der Waals surface area contributed by atoms with Crippen LogP contribution in [0.25, 0.3) is 22.1 Å². The molecule has 2 aromatic carbocycles. The second-order valence-corrected chi connectivity index (χ2v) is 22.4. The summed E-state index contributed by atoms with van der Waals surface area (Å²) in [5.74, 6) is -1.40. The zero-order valence-electron chi connectivity index (χ0n) is 38.0. The van der Waals surface area contributed by atoms with Gasteiger partial charge in [-0.05, 0) is 131 Å². The normalized spacial score (nSPS) is 21.6. The third-order valence-corrected chi connectivity index (χ3v) is 18.2. The Balaban J connectivity index is 0.764. The first kappa shape index (κ1) is 46.5. The Bertz CT molecular complexity index is 3060. The van der Waals surface area contributed by atoms with E-state index in [1.54, 1.807) is 47.2 Å². The Morgan fingerprint density at radius 1 is 0.941 bits per heavy atom. The number of carbonyl (C=O) groups excluding carboxylic acids is 2. The lowest BCUT2D eigenvalue weighted by atomic mass is 9.62. The molecule has 2 amide bonds. The van der Waals surface area contributed by atoms with Crippen molar-refractivity contribution in [3.8, 4) is 0 Å². The predicted molar refractivity (Wildman–Crippen MR) is 252 cm³/mol. The Morgan fingerprint density at radius 2 is 1.66 bits per heavy atom. The first-order chi connectivity index (χ1) is 32.5. The van der Waals surface area contributed by atoms with Gasteiger partial charge in [-0.1, -0.05) is 24.4 Å². The van der Waals surface area contributed by atoms with Gasteiger partial charge in [0.1, 0.15) is 22.2 Å². The van der Waals surface area contributed by atoms with Crippen LogP contribution in [0.1, 0.15) is 101 Å². The molecule has 1 spiro atoms. The molecule has 6 heterocycles. The molecule has 2 atom stereocenters. The SMILES string of the molecule is Cc1cc(S(=O)(=O)C2CC3(CCN(C(CC(F)F)C4CCN(c5ccc6c(c5F)n(C)c(=O)n6C5CCC(=O)NC5=O)CC4)CC3)C2)ccc1Nc1ncc2cc(Cl)c(=O)n(C3CCCC3)c2n1. The molecule has 3 aromatic heterocycles. The van der Waals surface area contributed by atoms with Crippen LogP contribution in [-0.4, -0.2) is 92.7 Å². The summed E-state index contributed by atoms with van der Waals surface area (Å²) < 4.78 is 76.9. The number of imidazole rings is 1. The van der Waals surface area contributed by atoms with Gasteiger partial charge in [0.2, 0.25) is 24.2 Å². The van der Waals surface area contributed by atoms with Crippen LogP contribution in [0.15, 0.2) is 57.1 Å². The lowest BCUT2D eigenvalue weighted by molar-refractivity contribution is -0.135. The molecule has 0 bridgehead atoms. The minimum absolute atomic E-state index is 0.00985. The number of likely N-dealkylation sites (tertiary alicyclic amines) is 1. The first-order valence-corrected chi connectivity index (χ1v) is 25.6. The topological polar surface area (TPSA) is 174 Å². The molecule has 362 valence electrons. The average molecular weight is 979 g/mol. The van der Waals surface area contributed by atoms with E-state index in [0.717, 1.165) is 25.7 Å².